The molecule has 0 aliphatic carbocycles. The Balaban J connectivity index is 2.64. The van der Waals surface area contributed by atoms with Crippen LogP contribution in [0.1, 0.15) is 37.6 Å². The van der Waals surface area contributed by atoms with Crippen LogP contribution in [0.3, 0.4) is 0 Å². The fraction of sp³-hybridized carbons (Fsp3) is 0.538. The zero-order valence-corrected chi connectivity index (χ0v) is 12.3. The summed E-state index contributed by atoms with van der Waals surface area (Å²) < 4.78 is 5.04. The monoisotopic (exact) mass is 296 g/mol. The Kier molecular flexibility index (Phi) is 5.89. The highest BCUT2D eigenvalue weighted by Crippen LogP contribution is 2.14. The highest BCUT2D eigenvalue weighted by Gasteiger charge is 2.22. The summed E-state index contributed by atoms with van der Waals surface area (Å²) in [5.74, 6) is -1.02. The van der Waals surface area contributed by atoms with Gasteiger partial charge in [0.15, 0.2) is 0 Å². The second-order valence-electron chi connectivity index (χ2n) is 4.95. The first kappa shape index (κ1) is 16.7. The van der Waals surface area contributed by atoms with Gasteiger partial charge in [0.2, 0.25) is 17.7 Å². The molecule has 8 nitrogen and oxygen atoms in total. The largest absolute Gasteiger partial charge is 0.370 e. The Labute approximate surface area is 122 Å². The number of hydrogen-bond acceptors (Lipinski definition) is 5. The van der Waals surface area contributed by atoms with E-state index in [2.05, 4.69) is 15.8 Å². The van der Waals surface area contributed by atoms with Crippen LogP contribution >= 0.6 is 0 Å². The minimum absolute atomic E-state index is 0.0635. The molecule has 21 heavy (non-hydrogen) atoms. The second-order valence-corrected chi connectivity index (χ2v) is 4.95. The Morgan fingerprint density at radius 3 is 2.52 bits per heavy atom. The first-order valence-electron chi connectivity index (χ1n) is 6.58. The van der Waals surface area contributed by atoms with Gasteiger partial charge in [-0.3, -0.25) is 14.4 Å². The molecule has 0 aliphatic heterocycles. The van der Waals surface area contributed by atoms with Crippen LogP contribution in [0.2, 0.25) is 0 Å². The van der Waals surface area contributed by atoms with Crippen molar-refractivity contribution in [2.45, 2.75) is 38.6 Å². The van der Waals surface area contributed by atoms with Crippen LogP contribution in [-0.4, -0.2) is 36.0 Å². The van der Waals surface area contributed by atoms with Crippen molar-refractivity contribution < 1.29 is 18.9 Å². The summed E-state index contributed by atoms with van der Waals surface area (Å²) in [6.07, 6.45) is -0.328. The number of nitrogens with zero attached hydrogens (tertiary/aromatic N) is 1. The van der Waals surface area contributed by atoms with Gasteiger partial charge >= 0.3 is 0 Å². The molecule has 1 aromatic heterocycles. The molecule has 1 heterocycles. The third-order valence-electron chi connectivity index (χ3n) is 2.81. The van der Waals surface area contributed by atoms with E-state index in [1.54, 1.807) is 6.07 Å². The lowest BCUT2D eigenvalue weighted by molar-refractivity contribution is -0.130. The number of amides is 3. The minimum Gasteiger partial charge on any atom is -0.370 e. The van der Waals surface area contributed by atoms with Gasteiger partial charge in [0.1, 0.15) is 11.8 Å². The van der Waals surface area contributed by atoms with Gasteiger partial charge in [-0.2, -0.15) is 0 Å². The summed E-state index contributed by atoms with van der Waals surface area (Å²) in [7, 11) is 1.41. The standard InChI is InChI=1S/C13H20N4O4/c1-7(2)9-4-8(21-17-9)5-12(19)16-10(6-11(14)18)13(20)15-3/h4,7,10H,5-6H2,1-3H3,(H2,14,18)(H,15,20)(H,16,19)/t10-/m0/s1. The van der Waals surface area contributed by atoms with Crippen LogP contribution in [0.25, 0.3) is 0 Å². The van der Waals surface area contributed by atoms with Gasteiger partial charge in [0.05, 0.1) is 18.5 Å². The molecule has 0 saturated heterocycles. The minimum atomic E-state index is -0.993. The lowest BCUT2D eigenvalue weighted by Gasteiger charge is -2.15. The number of hydrogen-bond donors (Lipinski definition) is 3. The Bertz CT molecular complexity index is 524. The third-order valence-corrected chi connectivity index (χ3v) is 2.81. The number of aromatic nitrogens is 1. The fourth-order valence-electron chi connectivity index (χ4n) is 1.67. The van der Waals surface area contributed by atoms with E-state index in [1.165, 1.54) is 7.05 Å². The highest BCUT2D eigenvalue weighted by atomic mass is 16.5. The van der Waals surface area contributed by atoms with Gasteiger partial charge in [-0.05, 0) is 5.92 Å². The van der Waals surface area contributed by atoms with Crippen LogP contribution in [0.4, 0.5) is 0 Å². The van der Waals surface area contributed by atoms with E-state index in [0.29, 0.717) is 5.76 Å². The van der Waals surface area contributed by atoms with Gasteiger partial charge in [0, 0.05) is 13.1 Å². The van der Waals surface area contributed by atoms with Crippen LogP contribution in [0.15, 0.2) is 10.6 Å². The number of nitrogens with one attached hydrogen (secondary N) is 2. The van der Waals surface area contributed by atoms with Crippen LogP contribution in [0, 0.1) is 0 Å². The molecule has 0 bridgehead atoms. The smallest absolute Gasteiger partial charge is 0.242 e. The fourth-order valence-corrected chi connectivity index (χ4v) is 1.67. The average Bonchev–Trinajstić information content (AvgIpc) is 2.85. The van der Waals surface area contributed by atoms with Gasteiger partial charge in [-0.1, -0.05) is 19.0 Å². The van der Waals surface area contributed by atoms with Crippen LogP contribution in [0.5, 0.6) is 0 Å². The zero-order chi connectivity index (χ0) is 16.0. The number of carbonyl (C=O) groups is 3. The summed E-state index contributed by atoms with van der Waals surface area (Å²) >= 11 is 0. The first-order chi connectivity index (χ1) is 9.83. The SMILES string of the molecule is CNC(=O)[C@H](CC(N)=O)NC(=O)Cc1cc(C(C)C)no1. The molecule has 0 spiro atoms. The second kappa shape index (κ2) is 7.41. The van der Waals surface area contributed by atoms with Crippen molar-refractivity contribution in [1.82, 2.24) is 15.8 Å². The van der Waals surface area contributed by atoms with Crippen molar-refractivity contribution in [3.8, 4) is 0 Å². The van der Waals surface area contributed by atoms with Gasteiger partial charge < -0.3 is 20.9 Å². The number of rotatable bonds is 7. The first-order valence-corrected chi connectivity index (χ1v) is 6.58. The summed E-state index contributed by atoms with van der Waals surface area (Å²) in [6.45, 7) is 3.91. The van der Waals surface area contributed by atoms with Crippen molar-refractivity contribution in [1.29, 1.82) is 0 Å². The van der Waals surface area contributed by atoms with E-state index in [0.717, 1.165) is 5.69 Å². The Morgan fingerprint density at radius 1 is 1.38 bits per heavy atom. The molecule has 4 N–H and O–H groups in total. The van der Waals surface area contributed by atoms with Gasteiger partial charge in [-0.25, -0.2) is 0 Å². The van der Waals surface area contributed by atoms with Crippen LogP contribution < -0.4 is 16.4 Å². The number of carbonyl (C=O) groups excluding carboxylic acids is 3. The molecule has 1 aromatic rings. The van der Waals surface area contributed by atoms with Crippen molar-refractivity contribution in [3.63, 3.8) is 0 Å². The molecule has 0 unspecified atom stereocenters. The molecule has 1 atom stereocenters. The quantitative estimate of drug-likeness (QED) is 0.622. The zero-order valence-electron chi connectivity index (χ0n) is 12.3. The predicted molar refractivity (Wildman–Crippen MR) is 74.1 cm³/mol. The van der Waals surface area contributed by atoms with Crippen molar-refractivity contribution >= 4 is 17.7 Å². The van der Waals surface area contributed by atoms with E-state index in [9.17, 15) is 14.4 Å². The normalized spacial score (nSPS) is 12.0. The van der Waals surface area contributed by atoms with Crippen molar-refractivity contribution in [2.75, 3.05) is 7.05 Å². The van der Waals surface area contributed by atoms with E-state index < -0.39 is 23.8 Å². The summed E-state index contributed by atoms with van der Waals surface area (Å²) in [5.41, 5.74) is 5.80. The summed E-state index contributed by atoms with van der Waals surface area (Å²) in [4.78, 5) is 34.3. The van der Waals surface area contributed by atoms with E-state index in [4.69, 9.17) is 10.3 Å². The summed E-state index contributed by atoms with van der Waals surface area (Å²) in [5, 5.41) is 8.65. The van der Waals surface area contributed by atoms with Gasteiger partial charge in [0.25, 0.3) is 0 Å². The topological polar surface area (TPSA) is 127 Å². The molecule has 0 fully saturated rings. The van der Waals surface area contributed by atoms with Crippen molar-refractivity contribution in [3.05, 3.63) is 17.5 Å². The van der Waals surface area contributed by atoms with E-state index in [-0.39, 0.29) is 18.8 Å². The molecule has 8 heteroatoms. The molecular weight excluding hydrogens is 276 g/mol. The maximum atomic E-state index is 11.9. The molecule has 0 saturated carbocycles. The lowest BCUT2D eigenvalue weighted by atomic mass is 10.1. The molecule has 0 radical (unpaired) electrons. The van der Waals surface area contributed by atoms with Gasteiger partial charge in [-0.15, -0.1) is 0 Å². The average molecular weight is 296 g/mol. The lowest BCUT2D eigenvalue weighted by Crippen LogP contribution is -2.48. The third kappa shape index (κ3) is 5.25. The van der Waals surface area contributed by atoms with Crippen LogP contribution in [-0.2, 0) is 20.8 Å². The maximum Gasteiger partial charge on any atom is 0.242 e. The van der Waals surface area contributed by atoms with E-state index in [1.807, 2.05) is 13.8 Å². The maximum absolute atomic E-state index is 11.9. The molecule has 0 aliphatic rings. The predicted octanol–water partition coefficient (Wildman–Crippen LogP) is -0.553. The number of primary amides is 1. The molecule has 0 aromatic carbocycles. The number of likely N-dealkylation sites (N-methyl/N-ethyl adjacent to an activating group) is 1. The number of nitrogens with two attached hydrogens (primary N) is 1. The molecule has 1 rings (SSSR count). The Morgan fingerprint density at radius 2 is 2.05 bits per heavy atom. The molecular formula is C13H20N4O4. The summed E-state index contributed by atoms with van der Waals surface area (Å²) in [6, 6.07) is 0.695. The molecule has 3 amide bonds. The Hall–Kier alpha value is -2.38. The van der Waals surface area contributed by atoms with Crippen molar-refractivity contribution in [2.24, 2.45) is 5.73 Å². The molecule has 116 valence electrons. The van der Waals surface area contributed by atoms with E-state index >= 15 is 0 Å². The highest BCUT2D eigenvalue weighted by molar-refractivity contribution is 5.91.